The molecule has 0 radical (unpaired) electrons. The number of benzene rings is 1. The Labute approximate surface area is 102 Å². The standard InChI is InChI=1S/C12H12N2O4/c1-7-2-3-9-8(6-7)11(17)14(12(18)13-9)5-4-10(15)16/h2-3,6H,4-5H2,1H3,(H,13,18)(H,15,16). The largest absolute Gasteiger partial charge is 0.481 e. The molecule has 18 heavy (non-hydrogen) atoms. The zero-order chi connectivity index (χ0) is 13.3. The third-order valence-corrected chi connectivity index (χ3v) is 2.69. The average Bonchev–Trinajstić information content (AvgIpc) is 2.30. The van der Waals surface area contributed by atoms with Crippen molar-refractivity contribution >= 4 is 16.9 Å². The van der Waals surface area contributed by atoms with Gasteiger partial charge in [0.25, 0.3) is 5.56 Å². The van der Waals surface area contributed by atoms with Gasteiger partial charge in [0.05, 0.1) is 17.3 Å². The van der Waals surface area contributed by atoms with Crippen LogP contribution in [0, 0.1) is 6.92 Å². The molecule has 1 aromatic carbocycles. The molecule has 0 atom stereocenters. The smallest absolute Gasteiger partial charge is 0.328 e. The number of aliphatic carboxylic acids is 1. The molecule has 94 valence electrons. The number of nitrogens with zero attached hydrogens (tertiary/aromatic N) is 1. The summed E-state index contributed by atoms with van der Waals surface area (Å²) in [6, 6.07) is 5.12. The first kappa shape index (κ1) is 12.1. The molecule has 0 saturated carbocycles. The van der Waals surface area contributed by atoms with Gasteiger partial charge in [-0.1, -0.05) is 11.6 Å². The van der Waals surface area contributed by atoms with Crippen LogP contribution in [0.4, 0.5) is 0 Å². The van der Waals surface area contributed by atoms with Gasteiger partial charge < -0.3 is 10.1 Å². The topological polar surface area (TPSA) is 92.2 Å². The van der Waals surface area contributed by atoms with Gasteiger partial charge in [0.2, 0.25) is 0 Å². The van der Waals surface area contributed by atoms with Gasteiger partial charge in [-0.25, -0.2) is 4.79 Å². The monoisotopic (exact) mass is 248 g/mol. The summed E-state index contributed by atoms with van der Waals surface area (Å²) in [4.78, 5) is 36.8. The number of carboxylic acids is 1. The normalized spacial score (nSPS) is 10.7. The summed E-state index contributed by atoms with van der Waals surface area (Å²) >= 11 is 0. The van der Waals surface area contributed by atoms with Crippen LogP contribution in [0.3, 0.4) is 0 Å². The van der Waals surface area contributed by atoms with Crippen LogP contribution in [0.15, 0.2) is 27.8 Å². The van der Waals surface area contributed by atoms with Gasteiger partial charge in [0.15, 0.2) is 0 Å². The molecular weight excluding hydrogens is 236 g/mol. The van der Waals surface area contributed by atoms with Gasteiger partial charge in [-0.2, -0.15) is 0 Å². The van der Waals surface area contributed by atoms with E-state index in [2.05, 4.69) is 4.98 Å². The van der Waals surface area contributed by atoms with Crippen LogP contribution in [0.1, 0.15) is 12.0 Å². The Bertz CT molecular complexity index is 727. The molecule has 6 heteroatoms. The minimum absolute atomic E-state index is 0.132. The number of aryl methyl sites for hydroxylation is 1. The molecule has 0 saturated heterocycles. The summed E-state index contributed by atoms with van der Waals surface area (Å²) in [6.07, 6.45) is -0.264. The van der Waals surface area contributed by atoms with Crippen LogP contribution in [-0.4, -0.2) is 20.6 Å². The Morgan fingerprint density at radius 2 is 2.11 bits per heavy atom. The quantitative estimate of drug-likeness (QED) is 0.826. The van der Waals surface area contributed by atoms with E-state index in [1.807, 2.05) is 6.92 Å². The van der Waals surface area contributed by atoms with Gasteiger partial charge in [0, 0.05) is 6.54 Å². The highest BCUT2D eigenvalue weighted by Gasteiger charge is 2.08. The molecule has 0 aliphatic rings. The fourth-order valence-electron chi connectivity index (χ4n) is 1.77. The first-order valence-corrected chi connectivity index (χ1v) is 5.44. The molecule has 0 amide bonds. The molecule has 0 aliphatic heterocycles. The third kappa shape index (κ3) is 2.17. The minimum Gasteiger partial charge on any atom is -0.481 e. The predicted molar refractivity (Wildman–Crippen MR) is 65.8 cm³/mol. The van der Waals surface area contributed by atoms with Crippen LogP contribution < -0.4 is 11.2 Å². The summed E-state index contributed by atoms with van der Waals surface area (Å²) < 4.78 is 0.913. The molecule has 2 rings (SSSR count). The molecule has 0 fully saturated rings. The lowest BCUT2D eigenvalue weighted by Crippen LogP contribution is -2.35. The second-order valence-electron chi connectivity index (χ2n) is 4.08. The van der Waals surface area contributed by atoms with Crippen molar-refractivity contribution in [1.82, 2.24) is 9.55 Å². The molecule has 0 unspecified atom stereocenters. The van der Waals surface area contributed by atoms with Crippen molar-refractivity contribution in [3.8, 4) is 0 Å². The number of fused-ring (bicyclic) bond motifs is 1. The molecule has 1 aromatic heterocycles. The van der Waals surface area contributed by atoms with Gasteiger partial charge in [-0.15, -0.1) is 0 Å². The number of aromatic nitrogens is 2. The lowest BCUT2D eigenvalue weighted by Gasteiger charge is -2.05. The van der Waals surface area contributed by atoms with E-state index in [1.165, 1.54) is 0 Å². The van der Waals surface area contributed by atoms with E-state index < -0.39 is 17.2 Å². The van der Waals surface area contributed by atoms with Gasteiger partial charge in [-0.05, 0) is 19.1 Å². The zero-order valence-corrected chi connectivity index (χ0v) is 9.77. The van der Waals surface area contributed by atoms with Crippen molar-refractivity contribution in [3.63, 3.8) is 0 Å². The Morgan fingerprint density at radius 3 is 2.78 bits per heavy atom. The fraction of sp³-hybridized carbons (Fsp3) is 0.250. The van der Waals surface area contributed by atoms with E-state index in [9.17, 15) is 14.4 Å². The third-order valence-electron chi connectivity index (χ3n) is 2.69. The van der Waals surface area contributed by atoms with Crippen molar-refractivity contribution in [2.45, 2.75) is 19.9 Å². The Morgan fingerprint density at radius 1 is 1.39 bits per heavy atom. The number of hydrogen-bond donors (Lipinski definition) is 2. The maximum atomic E-state index is 12.1. The number of hydrogen-bond acceptors (Lipinski definition) is 3. The number of aromatic amines is 1. The number of carboxylic acid groups (broad SMARTS) is 1. The zero-order valence-electron chi connectivity index (χ0n) is 9.77. The van der Waals surface area contributed by atoms with E-state index in [0.29, 0.717) is 10.9 Å². The van der Waals surface area contributed by atoms with Crippen molar-refractivity contribution in [2.75, 3.05) is 0 Å². The van der Waals surface area contributed by atoms with Crippen molar-refractivity contribution in [2.24, 2.45) is 0 Å². The summed E-state index contributed by atoms with van der Waals surface area (Å²) in [7, 11) is 0. The summed E-state index contributed by atoms with van der Waals surface area (Å²) in [5.41, 5.74) is 0.315. The Hall–Kier alpha value is -2.37. The van der Waals surface area contributed by atoms with Crippen LogP contribution in [0.25, 0.3) is 10.9 Å². The van der Waals surface area contributed by atoms with E-state index in [1.54, 1.807) is 18.2 Å². The lowest BCUT2D eigenvalue weighted by atomic mass is 10.2. The maximum Gasteiger partial charge on any atom is 0.328 e. The summed E-state index contributed by atoms with van der Waals surface area (Å²) in [5, 5.41) is 8.98. The van der Waals surface area contributed by atoms with Crippen LogP contribution >= 0.6 is 0 Å². The molecule has 2 aromatic rings. The lowest BCUT2D eigenvalue weighted by molar-refractivity contribution is -0.137. The minimum atomic E-state index is -1.05. The van der Waals surface area contributed by atoms with Crippen LogP contribution in [-0.2, 0) is 11.3 Å². The van der Waals surface area contributed by atoms with Crippen molar-refractivity contribution in [1.29, 1.82) is 0 Å². The van der Waals surface area contributed by atoms with E-state index in [0.717, 1.165) is 10.1 Å². The molecule has 0 spiro atoms. The Kier molecular flexibility index (Phi) is 3.01. The molecule has 0 aliphatic carbocycles. The first-order chi connectivity index (χ1) is 8.49. The highest BCUT2D eigenvalue weighted by atomic mass is 16.4. The number of rotatable bonds is 3. The van der Waals surface area contributed by atoms with Gasteiger partial charge in [-0.3, -0.25) is 14.2 Å². The molecule has 0 bridgehead atoms. The van der Waals surface area contributed by atoms with E-state index in [4.69, 9.17) is 5.11 Å². The highest BCUT2D eigenvalue weighted by Crippen LogP contribution is 2.07. The highest BCUT2D eigenvalue weighted by molar-refractivity contribution is 5.78. The predicted octanol–water partition coefficient (Wildman–Crippen LogP) is 0.473. The van der Waals surface area contributed by atoms with E-state index >= 15 is 0 Å². The van der Waals surface area contributed by atoms with Crippen molar-refractivity contribution in [3.05, 3.63) is 44.6 Å². The molecule has 2 N–H and O–H groups in total. The van der Waals surface area contributed by atoms with E-state index in [-0.39, 0.29) is 13.0 Å². The molecule has 1 heterocycles. The Balaban J connectivity index is 2.64. The number of nitrogens with one attached hydrogen (secondary N) is 1. The van der Waals surface area contributed by atoms with Gasteiger partial charge in [0.1, 0.15) is 0 Å². The second-order valence-corrected chi connectivity index (χ2v) is 4.08. The van der Waals surface area contributed by atoms with Crippen molar-refractivity contribution < 1.29 is 9.90 Å². The van der Waals surface area contributed by atoms with Crippen LogP contribution in [0.2, 0.25) is 0 Å². The molecule has 6 nitrogen and oxygen atoms in total. The summed E-state index contributed by atoms with van der Waals surface area (Å²) in [5.74, 6) is -1.05. The van der Waals surface area contributed by atoms with Crippen LogP contribution in [0.5, 0.6) is 0 Å². The average molecular weight is 248 g/mol. The molecular formula is C12H12N2O4. The summed E-state index contributed by atoms with van der Waals surface area (Å²) in [6.45, 7) is 1.71. The fourth-order valence-corrected chi connectivity index (χ4v) is 1.77. The first-order valence-electron chi connectivity index (χ1n) is 5.44. The maximum absolute atomic E-state index is 12.1. The number of H-pyrrole nitrogens is 1. The number of carbonyl (C=O) groups is 1. The SMILES string of the molecule is Cc1ccc2[nH]c(=O)n(CCC(=O)O)c(=O)c2c1. The van der Waals surface area contributed by atoms with Gasteiger partial charge >= 0.3 is 11.7 Å². The second kappa shape index (κ2) is 4.48.